The largest absolute Gasteiger partial charge is 0.462 e. The molecule has 61 heavy (non-hydrogen) atoms. The summed E-state index contributed by atoms with van der Waals surface area (Å²) in [7, 11) is -6.90. The number of hydrogen-bond acceptors (Lipinski definition) is 9. The minimum Gasteiger partial charge on any atom is -0.462 e. The molecule has 1 N–H and O–H groups in total. The molecule has 12 heteroatoms. The van der Waals surface area contributed by atoms with Crippen molar-refractivity contribution in [1.29, 1.82) is 0 Å². The van der Waals surface area contributed by atoms with E-state index >= 15 is 4.79 Å². The van der Waals surface area contributed by atoms with Gasteiger partial charge in [-0.3, -0.25) is 4.79 Å². The molecule has 0 aromatic carbocycles. The first-order chi connectivity index (χ1) is 27.9. The van der Waals surface area contributed by atoms with Gasteiger partial charge in [-0.2, -0.15) is 0 Å². The van der Waals surface area contributed by atoms with E-state index in [4.69, 9.17) is 32.2 Å². The predicted molar refractivity (Wildman–Crippen MR) is 254 cm³/mol. The monoisotopic (exact) mass is 903 g/mol. The third kappa shape index (κ3) is 10.8. The number of esters is 1. The second-order valence-electron chi connectivity index (χ2n) is 23.6. The van der Waals surface area contributed by atoms with Crippen LogP contribution in [0.5, 0.6) is 0 Å². The van der Waals surface area contributed by atoms with Gasteiger partial charge in [-0.05, 0) is 98.8 Å². The van der Waals surface area contributed by atoms with Gasteiger partial charge < -0.3 is 37.3 Å². The van der Waals surface area contributed by atoms with Gasteiger partial charge in [-0.15, -0.1) is 0 Å². The molecule has 2 bridgehead atoms. The van der Waals surface area contributed by atoms with Crippen LogP contribution in [0.3, 0.4) is 0 Å². The summed E-state index contributed by atoms with van der Waals surface area (Å²) < 4.78 is 50.2. The third-order valence-electron chi connectivity index (χ3n) is 15.4. The molecule has 348 valence electrons. The van der Waals surface area contributed by atoms with Gasteiger partial charge in [0.25, 0.3) is 0 Å². The lowest BCUT2D eigenvalue weighted by molar-refractivity contribution is -0.353. The number of carbonyl (C=O) groups excluding carboxylic acids is 1. The van der Waals surface area contributed by atoms with Crippen molar-refractivity contribution in [3.8, 4) is 0 Å². The first-order valence-electron chi connectivity index (χ1n) is 23.5. The average Bonchev–Trinajstić information content (AvgIpc) is 3.47. The molecule has 13 atom stereocenters. The Bertz CT molecular complexity index is 1700. The molecule has 0 aromatic heterocycles. The van der Waals surface area contributed by atoms with E-state index in [-0.39, 0.29) is 52.1 Å². The number of ether oxygens (including phenoxy) is 4. The van der Waals surface area contributed by atoms with Crippen molar-refractivity contribution >= 4 is 30.9 Å². The summed E-state index contributed by atoms with van der Waals surface area (Å²) in [5.74, 6) is -1.89. The summed E-state index contributed by atoms with van der Waals surface area (Å²) in [4.78, 5) is 15.4. The molecule has 0 aromatic rings. The fraction of sp³-hybridized carbons (Fsp3) is 0.816. The van der Waals surface area contributed by atoms with Crippen molar-refractivity contribution < 1.29 is 42.1 Å². The lowest BCUT2D eigenvalue weighted by Crippen LogP contribution is -2.64. The summed E-state index contributed by atoms with van der Waals surface area (Å²) >= 11 is 0. The molecule has 5 aliphatic rings. The van der Waals surface area contributed by atoms with Crippen molar-refractivity contribution in [3.63, 3.8) is 0 Å². The average molecular weight is 903 g/mol. The van der Waals surface area contributed by atoms with Crippen LogP contribution >= 0.6 is 0 Å². The highest BCUT2D eigenvalue weighted by Crippen LogP contribution is 2.53. The van der Waals surface area contributed by atoms with E-state index in [1.54, 1.807) is 0 Å². The van der Waals surface area contributed by atoms with Crippen molar-refractivity contribution in [1.82, 2.24) is 0 Å². The van der Waals surface area contributed by atoms with Crippen LogP contribution in [0.2, 0.25) is 55.9 Å². The van der Waals surface area contributed by atoms with Crippen LogP contribution in [-0.4, -0.2) is 96.8 Å². The molecule has 3 fully saturated rings. The van der Waals surface area contributed by atoms with E-state index in [0.717, 1.165) is 23.1 Å². The van der Waals surface area contributed by atoms with Crippen LogP contribution in [0.25, 0.3) is 0 Å². The molecule has 1 aliphatic carbocycles. The smallest absolute Gasteiger partial charge is 0.316 e. The Kier molecular flexibility index (Phi) is 15.2. The van der Waals surface area contributed by atoms with Crippen molar-refractivity contribution in [3.05, 3.63) is 47.1 Å². The summed E-state index contributed by atoms with van der Waals surface area (Å²) in [6.07, 6.45) is 10.5. The highest BCUT2D eigenvalue weighted by atomic mass is 28.4. The standard InChI is InChI=1S/C49H86O9Si3/c1-20-31(2)42-35(6)40(56-60(16,17)46(7,8)9)29-48(55-42)28-38-27-37(54-48)25-24-33(4)41(50)32(3)22-21-23-36-30-52-44-43(57-61(18,19)47(10,11)12)34(5)26-39(45(51)53-38)49(36,44)58-59(13,14)15/h21-24,26,31-32,35,37-44,50H,20,25,27-30H2,1-19H3/b22-21-,33-24-,36-23?/t31-,32-,35-,37+,38-,39-,40?,41+,42+,43+,44+,48-,49+/m0/s1. The first-order valence-corrected chi connectivity index (χ1v) is 32.7. The third-order valence-corrected chi connectivity index (χ3v) is 25.4. The van der Waals surface area contributed by atoms with Crippen LogP contribution in [0.4, 0.5) is 0 Å². The zero-order chi connectivity index (χ0) is 45.9. The van der Waals surface area contributed by atoms with Crippen molar-refractivity contribution in [2.24, 2.45) is 23.7 Å². The summed E-state index contributed by atoms with van der Waals surface area (Å²) in [6, 6.07) is 0. The minimum absolute atomic E-state index is 0.0274. The SMILES string of the molecule is CC[C@H](C)[C@H]1O[C@]2(CC(O[Si](C)(C)C(C)(C)C)[C@@H]1C)C[C@@H]1C[C@@H](C/C=C(/C)[C@H](O)[C@@H](C)/C=C\C=C3CO[C@@H]4[C@H](O[Si](C)(C)C(C)(C)C)C(C)=C[C@@H](C(=O)O1)[C@]34O[Si](C)(C)C)O2. The fourth-order valence-electron chi connectivity index (χ4n) is 9.56. The lowest BCUT2D eigenvalue weighted by atomic mass is 9.71. The van der Waals surface area contributed by atoms with Gasteiger partial charge >= 0.3 is 5.97 Å². The maximum absolute atomic E-state index is 15.4. The maximum atomic E-state index is 15.4. The quantitative estimate of drug-likeness (QED) is 0.145. The number of carbonyl (C=O) groups is 1. The first kappa shape index (κ1) is 50.8. The minimum atomic E-state index is -2.39. The highest BCUT2D eigenvalue weighted by Gasteiger charge is 2.64. The number of aliphatic hydroxyl groups is 1. The Hall–Kier alpha value is -1.20. The second kappa shape index (κ2) is 18.2. The fourth-order valence-corrected chi connectivity index (χ4v) is 13.7. The zero-order valence-corrected chi connectivity index (χ0v) is 44.7. The molecule has 1 unspecified atom stereocenters. The summed E-state index contributed by atoms with van der Waals surface area (Å²) in [6.45, 7) is 42.4. The molecular formula is C49H86O9Si3. The summed E-state index contributed by atoms with van der Waals surface area (Å²) in [5.41, 5.74) is 1.57. The van der Waals surface area contributed by atoms with Gasteiger partial charge in [0, 0.05) is 31.1 Å². The Balaban J connectivity index is 1.66. The molecule has 4 aliphatic heterocycles. The Morgan fingerprint density at radius 2 is 1.52 bits per heavy atom. The van der Waals surface area contributed by atoms with Crippen LogP contribution in [0.15, 0.2) is 47.1 Å². The van der Waals surface area contributed by atoms with Gasteiger partial charge in [0.2, 0.25) is 0 Å². The van der Waals surface area contributed by atoms with E-state index in [9.17, 15) is 5.11 Å². The number of allylic oxidation sites excluding steroid dienone is 2. The normalized spacial score (nSPS) is 39.1. The molecular weight excluding hydrogens is 817 g/mol. The highest BCUT2D eigenvalue weighted by molar-refractivity contribution is 6.74. The molecule has 0 amide bonds. The second-order valence-corrected chi connectivity index (χ2v) is 37.5. The Morgan fingerprint density at radius 1 is 0.902 bits per heavy atom. The van der Waals surface area contributed by atoms with Gasteiger partial charge in [0.05, 0.1) is 37.1 Å². The van der Waals surface area contributed by atoms with Crippen LogP contribution in [0, 0.1) is 23.7 Å². The van der Waals surface area contributed by atoms with E-state index in [0.29, 0.717) is 32.3 Å². The Morgan fingerprint density at radius 3 is 2.11 bits per heavy atom. The van der Waals surface area contributed by atoms with Crippen molar-refractivity contribution in [2.45, 2.75) is 225 Å². The summed E-state index contributed by atoms with van der Waals surface area (Å²) in [5, 5.41) is 11.6. The lowest BCUT2D eigenvalue weighted by Gasteiger charge is -2.55. The molecule has 9 nitrogen and oxygen atoms in total. The molecule has 0 radical (unpaired) electrons. The molecule has 4 heterocycles. The number of aliphatic hydroxyl groups excluding tert-OH is 1. The molecule has 5 rings (SSSR count). The van der Waals surface area contributed by atoms with Crippen LogP contribution in [-0.2, 0) is 37.0 Å². The molecule has 0 saturated carbocycles. The number of fused-ring (bicyclic) bond motifs is 2. The van der Waals surface area contributed by atoms with Crippen LogP contribution in [0.1, 0.15) is 115 Å². The van der Waals surface area contributed by atoms with E-state index < -0.39 is 66.7 Å². The van der Waals surface area contributed by atoms with Crippen molar-refractivity contribution in [2.75, 3.05) is 6.61 Å². The number of hydrogen-bond donors (Lipinski definition) is 1. The van der Waals surface area contributed by atoms with Crippen LogP contribution < -0.4 is 0 Å². The Labute approximate surface area is 374 Å². The topological polar surface area (TPSA) is 102 Å². The predicted octanol–water partition coefficient (Wildman–Crippen LogP) is 11.4. The van der Waals surface area contributed by atoms with E-state index in [1.165, 1.54) is 0 Å². The van der Waals surface area contributed by atoms with Gasteiger partial charge in [0.1, 0.15) is 23.7 Å². The molecule has 3 saturated heterocycles. The maximum Gasteiger partial charge on any atom is 0.316 e. The number of rotatable bonds is 8. The van der Waals surface area contributed by atoms with E-state index in [2.05, 4.69) is 133 Å². The van der Waals surface area contributed by atoms with Gasteiger partial charge in [-0.25, -0.2) is 0 Å². The molecule has 1 spiro atoms. The zero-order valence-electron chi connectivity index (χ0n) is 41.7. The van der Waals surface area contributed by atoms with Gasteiger partial charge in [-0.1, -0.05) is 106 Å². The van der Waals surface area contributed by atoms with E-state index in [1.807, 2.05) is 26.0 Å². The van der Waals surface area contributed by atoms with Gasteiger partial charge in [0.15, 0.2) is 30.7 Å².